The number of aromatic nitrogens is 1. The van der Waals surface area contributed by atoms with E-state index in [4.69, 9.17) is 4.98 Å². The summed E-state index contributed by atoms with van der Waals surface area (Å²) >= 11 is 1.83. The molecule has 0 radical (unpaired) electrons. The van der Waals surface area contributed by atoms with Crippen LogP contribution >= 0.6 is 11.3 Å². The third-order valence-electron chi connectivity index (χ3n) is 3.84. The zero-order chi connectivity index (χ0) is 15.2. The molecule has 0 amide bonds. The summed E-state index contributed by atoms with van der Waals surface area (Å²) in [7, 11) is 0. The van der Waals surface area contributed by atoms with Crippen LogP contribution in [0.2, 0.25) is 0 Å². The van der Waals surface area contributed by atoms with E-state index >= 15 is 0 Å². The summed E-state index contributed by atoms with van der Waals surface area (Å²) < 4.78 is 0. The quantitative estimate of drug-likeness (QED) is 0.752. The van der Waals surface area contributed by atoms with Crippen LogP contribution in [0.1, 0.15) is 40.8 Å². The van der Waals surface area contributed by atoms with Gasteiger partial charge in [0.1, 0.15) is 0 Å². The highest BCUT2D eigenvalue weighted by molar-refractivity contribution is 7.12. The molecule has 3 heteroatoms. The predicted octanol–water partition coefficient (Wildman–Crippen LogP) is 4.67. The van der Waals surface area contributed by atoms with Crippen LogP contribution < -0.4 is 5.32 Å². The van der Waals surface area contributed by atoms with Crippen LogP contribution in [0.5, 0.6) is 0 Å². The smallest absolute Gasteiger partial charge is 0.0948 e. The van der Waals surface area contributed by atoms with Gasteiger partial charge in [-0.15, -0.1) is 11.3 Å². The van der Waals surface area contributed by atoms with E-state index in [2.05, 4.69) is 51.2 Å². The lowest BCUT2D eigenvalue weighted by molar-refractivity contribution is 0.639. The van der Waals surface area contributed by atoms with Gasteiger partial charge < -0.3 is 5.32 Å². The van der Waals surface area contributed by atoms with E-state index < -0.39 is 0 Å². The van der Waals surface area contributed by atoms with Crippen molar-refractivity contribution in [2.24, 2.45) is 0 Å². The molecule has 0 spiro atoms. The fraction of sp³-hybridized carbons (Fsp3) is 0.500. The zero-order valence-electron chi connectivity index (χ0n) is 13.6. The van der Waals surface area contributed by atoms with Gasteiger partial charge in [0.15, 0.2) is 0 Å². The number of thiazole rings is 1. The number of hydrogen-bond donors (Lipinski definition) is 1. The molecular formula is C18H26N2S. The van der Waals surface area contributed by atoms with Gasteiger partial charge in [-0.25, -0.2) is 4.98 Å². The molecule has 1 aromatic carbocycles. The molecule has 2 rings (SSSR count). The normalized spacial score (nSPS) is 11.0. The Bertz CT molecular complexity index is 587. The fourth-order valence-electron chi connectivity index (χ4n) is 2.34. The number of benzene rings is 1. The highest BCUT2D eigenvalue weighted by atomic mass is 32.1. The third-order valence-corrected chi connectivity index (χ3v) is 4.87. The Morgan fingerprint density at radius 3 is 2.62 bits per heavy atom. The van der Waals surface area contributed by atoms with Gasteiger partial charge in [-0.3, -0.25) is 0 Å². The number of rotatable bonds is 7. The van der Waals surface area contributed by atoms with E-state index in [-0.39, 0.29) is 0 Å². The van der Waals surface area contributed by atoms with Crippen molar-refractivity contribution in [1.29, 1.82) is 0 Å². The van der Waals surface area contributed by atoms with Gasteiger partial charge in [0.25, 0.3) is 0 Å². The van der Waals surface area contributed by atoms with Crippen molar-refractivity contribution in [2.75, 3.05) is 13.1 Å². The lowest BCUT2D eigenvalue weighted by Crippen LogP contribution is -2.18. The maximum Gasteiger partial charge on any atom is 0.0948 e. The van der Waals surface area contributed by atoms with E-state index in [1.165, 1.54) is 39.4 Å². The molecule has 0 unspecified atom stereocenters. The summed E-state index contributed by atoms with van der Waals surface area (Å²) in [5, 5.41) is 4.73. The first kappa shape index (κ1) is 16.2. The van der Waals surface area contributed by atoms with Crippen LogP contribution in [0.3, 0.4) is 0 Å². The van der Waals surface area contributed by atoms with Crippen molar-refractivity contribution in [3.63, 3.8) is 0 Å². The predicted molar refractivity (Wildman–Crippen MR) is 93.2 cm³/mol. The average Bonchev–Trinajstić information content (AvgIpc) is 2.83. The third kappa shape index (κ3) is 4.39. The molecular weight excluding hydrogens is 276 g/mol. The standard InChI is InChI=1S/C18H26N2S/c1-5-6-10-19-11-9-17-20-18(15(4)21-17)16-8-7-13(2)14(3)12-16/h7-8,12,19H,5-6,9-11H2,1-4H3. The van der Waals surface area contributed by atoms with E-state index in [0.717, 1.165) is 25.2 Å². The molecule has 2 nitrogen and oxygen atoms in total. The molecule has 1 heterocycles. The number of hydrogen-bond acceptors (Lipinski definition) is 3. The lowest BCUT2D eigenvalue weighted by atomic mass is 10.0. The number of nitrogens with one attached hydrogen (secondary N) is 1. The Balaban J connectivity index is 2.03. The molecule has 1 aromatic heterocycles. The van der Waals surface area contributed by atoms with E-state index in [1.807, 2.05) is 11.3 Å². The fourth-order valence-corrected chi connectivity index (χ4v) is 3.29. The lowest BCUT2D eigenvalue weighted by Gasteiger charge is -2.04. The second-order valence-electron chi connectivity index (χ2n) is 5.66. The summed E-state index contributed by atoms with van der Waals surface area (Å²) in [6, 6.07) is 6.63. The summed E-state index contributed by atoms with van der Waals surface area (Å²) in [6.07, 6.45) is 3.53. The van der Waals surface area contributed by atoms with Crippen molar-refractivity contribution < 1.29 is 0 Å². The molecule has 0 saturated carbocycles. The summed E-state index contributed by atoms with van der Waals surface area (Å²) in [6.45, 7) is 10.9. The first-order valence-electron chi connectivity index (χ1n) is 7.86. The number of unbranched alkanes of at least 4 members (excludes halogenated alkanes) is 1. The number of nitrogens with zero attached hydrogens (tertiary/aromatic N) is 1. The minimum atomic E-state index is 1.03. The highest BCUT2D eigenvalue weighted by Gasteiger charge is 2.10. The van der Waals surface area contributed by atoms with E-state index in [0.29, 0.717) is 0 Å². The molecule has 0 aliphatic carbocycles. The van der Waals surface area contributed by atoms with Gasteiger partial charge in [0, 0.05) is 23.4 Å². The number of aryl methyl sites for hydroxylation is 3. The topological polar surface area (TPSA) is 24.9 Å². The van der Waals surface area contributed by atoms with Gasteiger partial charge >= 0.3 is 0 Å². The SMILES string of the molecule is CCCCNCCc1nc(-c2ccc(C)c(C)c2)c(C)s1. The Kier molecular flexibility index (Phi) is 5.95. The zero-order valence-corrected chi connectivity index (χ0v) is 14.4. The molecule has 2 aromatic rings. The molecule has 21 heavy (non-hydrogen) atoms. The second kappa shape index (κ2) is 7.71. The summed E-state index contributed by atoms with van der Waals surface area (Å²) in [5.74, 6) is 0. The molecule has 0 atom stereocenters. The summed E-state index contributed by atoms with van der Waals surface area (Å²) in [4.78, 5) is 6.17. The largest absolute Gasteiger partial charge is 0.316 e. The van der Waals surface area contributed by atoms with Crippen molar-refractivity contribution in [1.82, 2.24) is 10.3 Å². The van der Waals surface area contributed by atoms with Crippen LogP contribution in [-0.4, -0.2) is 18.1 Å². The Morgan fingerprint density at radius 1 is 1.10 bits per heavy atom. The molecule has 0 aliphatic rings. The van der Waals surface area contributed by atoms with Crippen molar-refractivity contribution in [2.45, 2.75) is 47.0 Å². The minimum Gasteiger partial charge on any atom is -0.316 e. The minimum absolute atomic E-state index is 1.03. The maximum atomic E-state index is 4.85. The molecule has 0 fully saturated rings. The molecule has 114 valence electrons. The van der Waals surface area contributed by atoms with Gasteiger partial charge in [-0.1, -0.05) is 25.5 Å². The van der Waals surface area contributed by atoms with Crippen LogP contribution in [0.4, 0.5) is 0 Å². The maximum absolute atomic E-state index is 4.85. The Labute approximate surface area is 132 Å². The first-order valence-corrected chi connectivity index (χ1v) is 8.68. The Morgan fingerprint density at radius 2 is 1.90 bits per heavy atom. The van der Waals surface area contributed by atoms with Crippen LogP contribution in [0.25, 0.3) is 11.3 Å². The average molecular weight is 302 g/mol. The van der Waals surface area contributed by atoms with E-state index in [1.54, 1.807) is 0 Å². The molecule has 0 saturated heterocycles. The monoisotopic (exact) mass is 302 g/mol. The van der Waals surface area contributed by atoms with Gasteiger partial charge in [0.05, 0.1) is 10.7 Å². The molecule has 1 N–H and O–H groups in total. The van der Waals surface area contributed by atoms with Crippen LogP contribution in [0, 0.1) is 20.8 Å². The molecule has 0 bridgehead atoms. The van der Waals surface area contributed by atoms with Crippen molar-refractivity contribution in [3.05, 3.63) is 39.2 Å². The van der Waals surface area contributed by atoms with Gasteiger partial charge in [0.2, 0.25) is 0 Å². The van der Waals surface area contributed by atoms with Crippen LogP contribution in [-0.2, 0) is 6.42 Å². The highest BCUT2D eigenvalue weighted by Crippen LogP contribution is 2.28. The van der Waals surface area contributed by atoms with Crippen molar-refractivity contribution >= 4 is 11.3 Å². The first-order chi connectivity index (χ1) is 10.1. The summed E-state index contributed by atoms with van der Waals surface area (Å²) in [5.41, 5.74) is 5.08. The second-order valence-corrected chi connectivity index (χ2v) is 6.95. The van der Waals surface area contributed by atoms with Gasteiger partial charge in [-0.2, -0.15) is 0 Å². The van der Waals surface area contributed by atoms with Gasteiger partial charge in [-0.05, 0) is 50.9 Å². The molecule has 0 aliphatic heterocycles. The Hall–Kier alpha value is -1.19. The van der Waals surface area contributed by atoms with Crippen LogP contribution in [0.15, 0.2) is 18.2 Å². The van der Waals surface area contributed by atoms with Crippen molar-refractivity contribution in [3.8, 4) is 11.3 Å². The van der Waals surface area contributed by atoms with E-state index in [9.17, 15) is 0 Å².